The van der Waals surface area contributed by atoms with E-state index in [9.17, 15) is 14.5 Å². The van der Waals surface area contributed by atoms with Crippen molar-refractivity contribution in [1.82, 2.24) is 0 Å². The fourth-order valence-electron chi connectivity index (χ4n) is 2.07. The number of hydrogen-bond donors (Lipinski definition) is 1. The highest BCUT2D eigenvalue weighted by Crippen LogP contribution is 2.30. The number of halogens is 1. The second-order valence-electron chi connectivity index (χ2n) is 4.70. The van der Waals surface area contributed by atoms with E-state index in [4.69, 9.17) is 9.47 Å². The van der Waals surface area contributed by atoms with Gasteiger partial charge in [-0.2, -0.15) is 0 Å². The van der Waals surface area contributed by atoms with Crippen LogP contribution in [0, 0.1) is 15.9 Å². The molecule has 0 spiro atoms. The Bertz CT molecular complexity index is 706. The maximum absolute atomic E-state index is 13.8. The molecule has 2 rings (SSSR count). The molecule has 0 heterocycles. The molecule has 0 radical (unpaired) electrons. The van der Waals surface area contributed by atoms with E-state index in [1.807, 2.05) is 0 Å². The number of ether oxygens (including phenoxy) is 2. The number of rotatable bonds is 7. The molecule has 0 amide bonds. The van der Waals surface area contributed by atoms with Crippen LogP contribution in [-0.2, 0) is 6.54 Å². The molecule has 0 saturated carbocycles. The van der Waals surface area contributed by atoms with Crippen LogP contribution in [0.1, 0.15) is 12.5 Å². The van der Waals surface area contributed by atoms with Crippen LogP contribution in [0.5, 0.6) is 11.5 Å². The molecule has 7 heteroatoms. The number of nitro groups is 1. The monoisotopic (exact) mass is 320 g/mol. The normalized spacial score (nSPS) is 10.2. The van der Waals surface area contributed by atoms with E-state index in [0.29, 0.717) is 18.8 Å². The molecule has 0 saturated heterocycles. The van der Waals surface area contributed by atoms with Crippen molar-refractivity contribution in [3.63, 3.8) is 0 Å². The second-order valence-corrected chi connectivity index (χ2v) is 4.70. The molecule has 2 aromatic rings. The van der Waals surface area contributed by atoms with E-state index in [2.05, 4.69) is 5.32 Å². The Hall–Kier alpha value is -2.83. The number of nitrogens with one attached hydrogen (secondary N) is 1. The summed E-state index contributed by atoms with van der Waals surface area (Å²) in [6.07, 6.45) is 0. The van der Waals surface area contributed by atoms with E-state index >= 15 is 0 Å². The first-order valence-corrected chi connectivity index (χ1v) is 7.02. The summed E-state index contributed by atoms with van der Waals surface area (Å²) < 4.78 is 23.9. The summed E-state index contributed by atoms with van der Waals surface area (Å²) in [6, 6.07) is 9.19. The molecule has 0 aliphatic heterocycles. The average Bonchev–Trinajstić information content (AvgIpc) is 2.54. The number of hydrogen-bond acceptors (Lipinski definition) is 5. The third-order valence-electron chi connectivity index (χ3n) is 3.17. The first-order chi connectivity index (χ1) is 11.0. The van der Waals surface area contributed by atoms with Crippen LogP contribution in [0.3, 0.4) is 0 Å². The topological polar surface area (TPSA) is 73.6 Å². The van der Waals surface area contributed by atoms with Crippen LogP contribution >= 0.6 is 0 Å². The van der Waals surface area contributed by atoms with Crippen LogP contribution in [-0.4, -0.2) is 18.6 Å². The summed E-state index contributed by atoms with van der Waals surface area (Å²) in [5, 5.41) is 13.9. The van der Waals surface area contributed by atoms with Crippen LogP contribution < -0.4 is 14.8 Å². The van der Waals surface area contributed by atoms with E-state index in [1.165, 1.54) is 25.3 Å². The van der Waals surface area contributed by atoms with Gasteiger partial charge in [-0.15, -0.1) is 0 Å². The van der Waals surface area contributed by atoms with Gasteiger partial charge in [-0.05, 0) is 30.7 Å². The number of anilines is 1. The SMILES string of the molecule is CCOc1ccc(CNc2ccc([N+](=O)[O-])c(OC)c2)cc1F. The van der Waals surface area contributed by atoms with Crippen molar-refractivity contribution in [3.05, 3.63) is 57.9 Å². The Balaban J connectivity index is 2.09. The number of nitrogens with zero attached hydrogens (tertiary/aromatic N) is 1. The fraction of sp³-hybridized carbons (Fsp3) is 0.250. The lowest BCUT2D eigenvalue weighted by atomic mass is 10.2. The van der Waals surface area contributed by atoms with Crippen molar-refractivity contribution in [1.29, 1.82) is 0 Å². The van der Waals surface area contributed by atoms with Gasteiger partial charge in [-0.1, -0.05) is 6.07 Å². The molecule has 0 bridgehead atoms. The van der Waals surface area contributed by atoms with Gasteiger partial charge in [0, 0.05) is 24.4 Å². The minimum absolute atomic E-state index is 0.106. The maximum Gasteiger partial charge on any atom is 0.311 e. The molecular weight excluding hydrogens is 303 g/mol. The molecule has 122 valence electrons. The summed E-state index contributed by atoms with van der Waals surface area (Å²) in [7, 11) is 1.37. The maximum atomic E-state index is 13.8. The van der Waals surface area contributed by atoms with Gasteiger partial charge in [0.15, 0.2) is 17.3 Å². The van der Waals surface area contributed by atoms with Crippen molar-refractivity contribution in [2.75, 3.05) is 19.0 Å². The van der Waals surface area contributed by atoms with Gasteiger partial charge in [0.1, 0.15) is 0 Å². The summed E-state index contributed by atoms with van der Waals surface area (Å²) in [5.74, 6) is -0.0430. The number of nitro benzene ring substituents is 1. The van der Waals surface area contributed by atoms with E-state index in [1.54, 1.807) is 25.1 Å². The van der Waals surface area contributed by atoms with Gasteiger partial charge in [0.05, 0.1) is 18.6 Å². The zero-order valence-corrected chi connectivity index (χ0v) is 12.8. The van der Waals surface area contributed by atoms with Gasteiger partial charge in [0.2, 0.25) is 0 Å². The molecule has 0 unspecified atom stereocenters. The molecule has 23 heavy (non-hydrogen) atoms. The lowest BCUT2D eigenvalue weighted by Gasteiger charge is -2.10. The van der Waals surface area contributed by atoms with Crippen molar-refractivity contribution >= 4 is 11.4 Å². The minimum atomic E-state index is -0.509. The van der Waals surface area contributed by atoms with E-state index < -0.39 is 10.7 Å². The van der Waals surface area contributed by atoms with Crippen molar-refractivity contribution in [3.8, 4) is 11.5 Å². The predicted octanol–water partition coefficient (Wildman–Crippen LogP) is 3.75. The van der Waals surface area contributed by atoms with Gasteiger partial charge in [0.25, 0.3) is 0 Å². The van der Waals surface area contributed by atoms with Gasteiger partial charge in [-0.3, -0.25) is 10.1 Å². The Morgan fingerprint density at radius 2 is 2.00 bits per heavy atom. The molecule has 0 atom stereocenters. The summed E-state index contributed by atoms with van der Waals surface area (Å²) in [6.45, 7) is 2.55. The average molecular weight is 320 g/mol. The quantitative estimate of drug-likeness (QED) is 0.621. The first kappa shape index (κ1) is 16.5. The van der Waals surface area contributed by atoms with Crippen LogP contribution in [0.2, 0.25) is 0 Å². The zero-order chi connectivity index (χ0) is 16.8. The van der Waals surface area contributed by atoms with Crippen LogP contribution in [0.15, 0.2) is 36.4 Å². The summed E-state index contributed by atoms with van der Waals surface area (Å²) in [4.78, 5) is 10.3. The third kappa shape index (κ3) is 4.09. The first-order valence-electron chi connectivity index (χ1n) is 7.02. The Labute approximate surface area is 133 Å². The molecule has 1 N–H and O–H groups in total. The predicted molar refractivity (Wildman–Crippen MR) is 84.5 cm³/mol. The van der Waals surface area contributed by atoms with Gasteiger partial charge < -0.3 is 14.8 Å². The molecule has 6 nitrogen and oxygen atoms in total. The molecule has 0 fully saturated rings. The van der Waals surface area contributed by atoms with E-state index in [-0.39, 0.29) is 17.2 Å². The van der Waals surface area contributed by atoms with Crippen LogP contribution in [0.25, 0.3) is 0 Å². The Kier molecular flexibility index (Phi) is 5.35. The lowest BCUT2D eigenvalue weighted by molar-refractivity contribution is -0.385. The summed E-state index contributed by atoms with van der Waals surface area (Å²) >= 11 is 0. The fourth-order valence-corrected chi connectivity index (χ4v) is 2.07. The zero-order valence-electron chi connectivity index (χ0n) is 12.8. The highest BCUT2D eigenvalue weighted by Gasteiger charge is 2.14. The number of benzene rings is 2. The molecule has 0 aliphatic carbocycles. The molecule has 0 aliphatic rings. The molecular formula is C16H17FN2O4. The highest BCUT2D eigenvalue weighted by molar-refractivity contribution is 5.58. The van der Waals surface area contributed by atoms with E-state index in [0.717, 1.165) is 5.56 Å². The lowest BCUT2D eigenvalue weighted by Crippen LogP contribution is -2.02. The largest absolute Gasteiger partial charge is 0.491 e. The third-order valence-corrected chi connectivity index (χ3v) is 3.17. The minimum Gasteiger partial charge on any atom is -0.491 e. The standard InChI is InChI=1S/C16H17FN2O4/c1-3-23-15-7-4-11(8-13(15)17)10-18-12-5-6-14(19(20)21)16(9-12)22-2/h4-9,18H,3,10H2,1-2H3. The van der Waals surface area contributed by atoms with Crippen molar-refractivity contribution in [2.45, 2.75) is 13.5 Å². The number of methoxy groups -OCH3 is 1. The van der Waals surface area contributed by atoms with Gasteiger partial charge in [-0.25, -0.2) is 4.39 Å². The summed E-state index contributed by atoms with van der Waals surface area (Å²) in [5.41, 5.74) is 1.26. The highest BCUT2D eigenvalue weighted by atomic mass is 19.1. The smallest absolute Gasteiger partial charge is 0.311 e. The Morgan fingerprint density at radius 3 is 2.61 bits per heavy atom. The second kappa shape index (κ2) is 7.44. The molecule has 2 aromatic carbocycles. The molecule has 0 aromatic heterocycles. The van der Waals surface area contributed by atoms with Crippen molar-refractivity contribution in [2.24, 2.45) is 0 Å². The van der Waals surface area contributed by atoms with Crippen LogP contribution in [0.4, 0.5) is 15.8 Å². The Morgan fingerprint density at radius 1 is 1.22 bits per heavy atom. The van der Waals surface area contributed by atoms with Gasteiger partial charge >= 0.3 is 5.69 Å². The van der Waals surface area contributed by atoms with Crippen molar-refractivity contribution < 1.29 is 18.8 Å².